The van der Waals surface area contributed by atoms with Crippen molar-refractivity contribution in [3.63, 3.8) is 0 Å². The van der Waals surface area contributed by atoms with Gasteiger partial charge in [-0.05, 0) is 25.8 Å². The quantitative estimate of drug-likeness (QED) is 0.356. The van der Waals surface area contributed by atoms with Crippen molar-refractivity contribution in [1.82, 2.24) is 5.32 Å². The van der Waals surface area contributed by atoms with Gasteiger partial charge >= 0.3 is 0 Å². The number of terminal acetylenes is 1. The van der Waals surface area contributed by atoms with Crippen LogP contribution in [0.25, 0.3) is 0 Å². The van der Waals surface area contributed by atoms with Crippen LogP contribution in [0.4, 0.5) is 0 Å². The fourth-order valence-corrected chi connectivity index (χ4v) is 0.927. The van der Waals surface area contributed by atoms with Crippen LogP contribution in [0, 0.1) is 12.3 Å². The minimum Gasteiger partial charge on any atom is -0.314 e. The number of nitrogens with one attached hydrogen (secondary N) is 1. The van der Waals surface area contributed by atoms with Crippen LogP contribution >= 0.6 is 0 Å². The molecule has 1 aliphatic carbocycles. The second kappa shape index (κ2) is 4.98. The summed E-state index contributed by atoms with van der Waals surface area (Å²) in [6, 6.07) is 0.830. The summed E-state index contributed by atoms with van der Waals surface area (Å²) >= 11 is 0. The Labute approximate surface area is 68.9 Å². The van der Waals surface area contributed by atoms with Crippen LogP contribution in [0.5, 0.6) is 0 Å². The Balaban J connectivity index is 1.83. The predicted molar refractivity (Wildman–Crippen MR) is 48.2 cm³/mol. The summed E-state index contributed by atoms with van der Waals surface area (Å²) in [6.07, 6.45) is 13.9. The molecule has 0 saturated heterocycles. The number of allylic oxidation sites excluding steroid dienone is 1. The molecule has 0 heterocycles. The van der Waals surface area contributed by atoms with Gasteiger partial charge in [0.25, 0.3) is 0 Å². The van der Waals surface area contributed by atoms with Gasteiger partial charge in [0.15, 0.2) is 0 Å². The zero-order valence-electron chi connectivity index (χ0n) is 6.84. The van der Waals surface area contributed by atoms with Gasteiger partial charge in [-0.3, -0.25) is 0 Å². The molecule has 0 radical (unpaired) electrons. The largest absolute Gasteiger partial charge is 0.314 e. The molecule has 0 amide bonds. The van der Waals surface area contributed by atoms with E-state index in [0.717, 1.165) is 25.4 Å². The van der Waals surface area contributed by atoms with Crippen LogP contribution < -0.4 is 5.32 Å². The third kappa shape index (κ3) is 4.64. The second-order valence-corrected chi connectivity index (χ2v) is 2.90. The molecule has 1 nitrogen and oxygen atoms in total. The fourth-order valence-electron chi connectivity index (χ4n) is 0.927. The average Bonchev–Trinajstić information content (AvgIpc) is 2.80. The van der Waals surface area contributed by atoms with E-state index < -0.39 is 0 Å². The van der Waals surface area contributed by atoms with Crippen LogP contribution in [-0.2, 0) is 0 Å². The molecule has 0 atom stereocenters. The standard InChI is InChI=1S/C10H15N/c1-2-3-4-5-6-9-11-10-7-8-10/h1,4-5,10-11H,3,6-9H2. The van der Waals surface area contributed by atoms with Crippen molar-refractivity contribution in [1.29, 1.82) is 0 Å². The first-order valence-corrected chi connectivity index (χ1v) is 4.25. The molecule has 1 saturated carbocycles. The van der Waals surface area contributed by atoms with E-state index in [1.807, 2.05) is 0 Å². The van der Waals surface area contributed by atoms with E-state index >= 15 is 0 Å². The summed E-state index contributed by atoms with van der Waals surface area (Å²) in [7, 11) is 0. The monoisotopic (exact) mass is 149 g/mol. The van der Waals surface area contributed by atoms with Gasteiger partial charge in [0, 0.05) is 12.5 Å². The molecule has 0 bridgehead atoms. The highest BCUT2D eigenvalue weighted by molar-refractivity contribution is 4.96. The number of hydrogen-bond donors (Lipinski definition) is 1. The van der Waals surface area contributed by atoms with E-state index in [0.29, 0.717) is 0 Å². The first kappa shape index (κ1) is 8.36. The zero-order valence-corrected chi connectivity index (χ0v) is 6.84. The minimum absolute atomic E-state index is 0.767. The normalized spacial score (nSPS) is 17.0. The van der Waals surface area contributed by atoms with Gasteiger partial charge in [0.2, 0.25) is 0 Å². The molecule has 0 unspecified atom stereocenters. The molecule has 1 aliphatic rings. The first-order valence-electron chi connectivity index (χ1n) is 4.25. The van der Waals surface area contributed by atoms with Crippen molar-refractivity contribution in [2.75, 3.05) is 6.54 Å². The molecule has 0 aromatic carbocycles. The molecule has 60 valence electrons. The number of hydrogen-bond acceptors (Lipinski definition) is 1. The van der Waals surface area contributed by atoms with Gasteiger partial charge in [-0.15, -0.1) is 12.3 Å². The molecule has 1 fully saturated rings. The maximum absolute atomic E-state index is 5.08. The zero-order chi connectivity index (χ0) is 7.94. The third-order valence-electron chi connectivity index (χ3n) is 1.72. The van der Waals surface area contributed by atoms with Crippen LogP contribution in [-0.4, -0.2) is 12.6 Å². The van der Waals surface area contributed by atoms with Gasteiger partial charge in [-0.2, -0.15) is 0 Å². The number of rotatable bonds is 5. The second-order valence-electron chi connectivity index (χ2n) is 2.90. The van der Waals surface area contributed by atoms with Crippen molar-refractivity contribution in [3.8, 4) is 12.3 Å². The summed E-state index contributed by atoms with van der Waals surface area (Å²) < 4.78 is 0. The average molecular weight is 149 g/mol. The highest BCUT2D eigenvalue weighted by Gasteiger charge is 2.18. The summed E-state index contributed by atoms with van der Waals surface area (Å²) in [5, 5.41) is 3.43. The van der Waals surface area contributed by atoms with Crippen molar-refractivity contribution in [2.45, 2.75) is 31.7 Å². The summed E-state index contributed by atoms with van der Waals surface area (Å²) in [4.78, 5) is 0. The molecule has 0 spiro atoms. The summed E-state index contributed by atoms with van der Waals surface area (Å²) in [5.41, 5.74) is 0. The molecule has 0 aromatic rings. The molecule has 0 aliphatic heterocycles. The minimum atomic E-state index is 0.767. The van der Waals surface area contributed by atoms with Crippen molar-refractivity contribution >= 4 is 0 Å². The predicted octanol–water partition coefficient (Wildman–Crippen LogP) is 1.71. The topological polar surface area (TPSA) is 12.0 Å². The third-order valence-corrected chi connectivity index (χ3v) is 1.72. The van der Waals surface area contributed by atoms with E-state index in [9.17, 15) is 0 Å². The van der Waals surface area contributed by atoms with Gasteiger partial charge in [0.1, 0.15) is 0 Å². The smallest absolute Gasteiger partial charge is 0.0267 e. The lowest BCUT2D eigenvalue weighted by Crippen LogP contribution is -2.16. The van der Waals surface area contributed by atoms with E-state index in [2.05, 4.69) is 23.4 Å². The molecule has 1 N–H and O–H groups in total. The van der Waals surface area contributed by atoms with Crippen LogP contribution in [0.3, 0.4) is 0 Å². The maximum Gasteiger partial charge on any atom is 0.0267 e. The highest BCUT2D eigenvalue weighted by Crippen LogP contribution is 2.18. The maximum atomic E-state index is 5.08. The lowest BCUT2D eigenvalue weighted by Gasteiger charge is -1.96. The van der Waals surface area contributed by atoms with Gasteiger partial charge < -0.3 is 5.32 Å². The van der Waals surface area contributed by atoms with Gasteiger partial charge in [0.05, 0.1) is 0 Å². The Morgan fingerprint density at radius 3 is 2.91 bits per heavy atom. The Kier molecular flexibility index (Phi) is 3.79. The van der Waals surface area contributed by atoms with Crippen LogP contribution in [0.15, 0.2) is 12.2 Å². The molecule has 0 aromatic heterocycles. The van der Waals surface area contributed by atoms with Crippen molar-refractivity contribution in [2.24, 2.45) is 0 Å². The van der Waals surface area contributed by atoms with E-state index in [1.165, 1.54) is 12.8 Å². The molecular formula is C10H15N. The van der Waals surface area contributed by atoms with Gasteiger partial charge in [-0.1, -0.05) is 12.2 Å². The van der Waals surface area contributed by atoms with E-state index in [4.69, 9.17) is 6.42 Å². The van der Waals surface area contributed by atoms with Crippen molar-refractivity contribution in [3.05, 3.63) is 12.2 Å². The Hall–Kier alpha value is -0.740. The van der Waals surface area contributed by atoms with Crippen LogP contribution in [0.1, 0.15) is 25.7 Å². The van der Waals surface area contributed by atoms with Crippen molar-refractivity contribution < 1.29 is 0 Å². The fraction of sp³-hybridized carbons (Fsp3) is 0.600. The van der Waals surface area contributed by atoms with E-state index in [1.54, 1.807) is 0 Å². The summed E-state index contributed by atoms with van der Waals surface area (Å²) in [6.45, 7) is 1.10. The van der Waals surface area contributed by atoms with Gasteiger partial charge in [-0.25, -0.2) is 0 Å². The Morgan fingerprint density at radius 2 is 2.27 bits per heavy atom. The lowest BCUT2D eigenvalue weighted by atomic mass is 10.3. The van der Waals surface area contributed by atoms with Crippen LogP contribution in [0.2, 0.25) is 0 Å². The Bertz CT molecular complexity index is 160. The first-order chi connectivity index (χ1) is 5.43. The molecule has 1 rings (SSSR count). The summed E-state index contributed by atoms with van der Waals surface area (Å²) in [5.74, 6) is 2.57. The Morgan fingerprint density at radius 1 is 1.45 bits per heavy atom. The SMILES string of the molecule is C#CCC=CCCNC1CC1. The molecule has 1 heteroatoms. The highest BCUT2D eigenvalue weighted by atomic mass is 14.9. The lowest BCUT2D eigenvalue weighted by molar-refractivity contribution is 0.690. The molecule has 11 heavy (non-hydrogen) atoms. The van der Waals surface area contributed by atoms with E-state index in [-0.39, 0.29) is 0 Å². The molecular weight excluding hydrogens is 134 g/mol.